The molecular formula is C20H24N2O2. The maximum Gasteiger partial charge on any atom is 0.412 e. The topological polar surface area (TPSA) is 41.6 Å². The van der Waals surface area contributed by atoms with Crippen molar-refractivity contribution < 1.29 is 9.53 Å². The van der Waals surface area contributed by atoms with E-state index in [0.717, 1.165) is 19.5 Å². The smallest absolute Gasteiger partial charge is 0.410 e. The number of anilines is 1. The molecule has 0 radical (unpaired) electrons. The zero-order valence-electron chi connectivity index (χ0n) is 14.3. The van der Waals surface area contributed by atoms with Crippen LogP contribution in [-0.4, -0.2) is 19.2 Å². The molecule has 1 aliphatic rings. The number of benzene rings is 2. The predicted molar refractivity (Wildman–Crippen MR) is 96.5 cm³/mol. The zero-order chi connectivity index (χ0) is 16.9. The summed E-state index contributed by atoms with van der Waals surface area (Å²) < 4.78 is 5.38. The number of hydrogen-bond acceptors (Lipinski definition) is 3. The molecule has 0 unspecified atom stereocenters. The van der Waals surface area contributed by atoms with Crippen molar-refractivity contribution in [3.05, 3.63) is 59.7 Å². The number of nitrogens with zero attached hydrogens (tertiary/aromatic N) is 1. The van der Waals surface area contributed by atoms with E-state index in [4.69, 9.17) is 4.74 Å². The van der Waals surface area contributed by atoms with Crippen LogP contribution in [0.4, 0.5) is 10.5 Å². The van der Waals surface area contributed by atoms with Crippen molar-refractivity contribution in [2.75, 3.05) is 18.0 Å². The van der Waals surface area contributed by atoms with Gasteiger partial charge in [-0.25, -0.2) is 4.79 Å². The number of amides is 1. The van der Waals surface area contributed by atoms with E-state index < -0.39 is 0 Å². The van der Waals surface area contributed by atoms with Gasteiger partial charge in [0.05, 0.1) is 0 Å². The summed E-state index contributed by atoms with van der Waals surface area (Å²) in [5, 5.41) is 2.77. The molecule has 0 spiro atoms. The van der Waals surface area contributed by atoms with Gasteiger partial charge < -0.3 is 15.0 Å². The Morgan fingerprint density at radius 2 is 2.00 bits per heavy atom. The lowest BCUT2D eigenvalue weighted by Crippen LogP contribution is -2.30. The molecule has 0 fully saturated rings. The summed E-state index contributed by atoms with van der Waals surface area (Å²) in [7, 11) is 0. The highest BCUT2D eigenvalue weighted by molar-refractivity contribution is 5.71. The van der Waals surface area contributed by atoms with E-state index in [1.807, 2.05) is 18.2 Å². The Balaban J connectivity index is 1.64. The Morgan fingerprint density at radius 3 is 2.75 bits per heavy atom. The molecule has 24 heavy (non-hydrogen) atoms. The number of carbonyl (C=O) groups excluding carboxylic acids is 1. The zero-order valence-corrected chi connectivity index (χ0v) is 14.3. The van der Waals surface area contributed by atoms with Crippen LogP contribution in [-0.2, 0) is 13.0 Å². The Kier molecular flexibility index (Phi) is 5.04. The normalized spacial score (nSPS) is 13.0. The Morgan fingerprint density at radius 1 is 1.21 bits per heavy atom. The second-order valence-electron chi connectivity index (χ2n) is 6.61. The SMILES string of the molecule is CC(C)CNC(=O)Oc1ccc2c(c1)CCN2Cc1ccccc1. The molecule has 2 aromatic carbocycles. The van der Waals surface area contributed by atoms with E-state index in [1.165, 1.54) is 16.8 Å². The molecule has 3 rings (SSSR count). The van der Waals surface area contributed by atoms with Crippen molar-refractivity contribution >= 4 is 11.8 Å². The summed E-state index contributed by atoms with van der Waals surface area (Å²) in [5.41, 5.74) is 3.77. The van der Waals surface area contributed by atoms with Crippen molar-refractivity contribution in [1.82, 2.24) is 5.32 Å². The lowest BCUT2D eigenvalue weighted by atomic mass is 10.1. The van der Waals surface area contributed by atoms with Crippen LogP contribution >= 0.6 is 0 Å². The second kappa shape index (κ2) is 7.39. The summed E-state index contributed by atoms with van der Waals surface area (Å²) >= 11 is 0. The van der Waals surface area contributed by atoms with Gasteiger partial charge in [-0.1, -0.05) is 44.2 Å². The fourth-order valence-electron chi connectivity index (χ4n) is 2.91. The van der Waals surface area contributed by atoms with Gasteiger partial charge in [0.15, 0.2) is 0 Å². The van der Waals surface area contributed by atoms with E-state index in [1.54, 1.807) is 0 Å². The first kappa shape index (κ1) is 16.4. The Labute approximate surface area is 143 Å². The van der Waals surface area contributed by atoms with Crippen LogP contribution in [0.5, 0.6) is 5.75 Å². The number of carbonyl (C=O) groups is 1. The maximum atomic E-state index is 11.8. The molecule has 0 bridgehead atoms. The van der Waals surface area contributed by atoms with E-state index in [9.17, 15) is 4.79 Å². The maximum absolute atomic E-state index is 11.8. The minimum absolute atomic E-state index is 0.386. The van der Waals surface area contributed by atoms with Gasteiger partial charge >= 0.3 is 6.09 Å². The highest BCUT2D eigenvalue weighted by atomic mass is 16.6. The summed E-state index contributed by atoms with van der Waals surface area (Å²) in [6.07, 6.45) is 0.593. The molecule has 4 heteroatoms. The fraction of sp³-hybridized carbons (Fsp3) is 0.350. The number of nitrogens with one attached hydrogen (secondary N) is 1. The van der Waals surface area contributed by atoms with E-state index in [-0.39, 0.29) is 6.09 Å². The summed E-state index contributed by atoms with van der Waals surface area (Å²) in [6.45, 7) is 6.62. The van der Waals surface area contributed by atoms with Gasteiger partial charge in [0.1, 0.15) is 5.75 Å². The van der Waals surface area contributed by atoms with Crippen LogP contribution in [0.2, 0.25) is 0 Å². The molecule has 1 amide bonds. The molecule has 1 aliphatic heterocycles. The van der Waals surface area contributed by atoms with Crippen molar-refractivity contribution in [3.8, 4) is 5.75 Å². The first-order chi connectivity index (χ1) is 11.6. The van der Waals surface area contributed by atoms with Crippen molar-refractivity contribution in [3.63, 3.8) is 0 Å². The minimum Gasteiger partial charge on any atom is -0.410 e. The summed E-state index contributed by atoms with van der Waals surface area (Å²) in [6, 6.07) is 16.4. The molecule has 0 saturated heterocycles. The largest absolute Gasteiger partial charge is 0.412 e. The molecule has 4 nitrogen and oxygen atoms in total. The lowest BCUT2D eigenvalue weighted by molar-refractivity contribution is 0.199. The van der Waals surface area contributed by atoms with Gasteiger partial charge in [0.2, 0.25) is 0 Å². The molecule has 2 aromatic rings. The van der Waals surface area contributed by atoms with Gasteiger partial charge in [-0.2, -0.15) is 0 Å². The second-order valence-corrected chi connectivity index (χ2v) is 6.61. The Hall–Kier alpha value is -2.49. The van der Waals surface area contributed by atoms with Crippen molar-refractivity contribution in [2.24, 2.45) is 5.92 Å². The van der Waals surface area contributed by atoms with Crippen LogP contribution in [0.15, 0.2) is 48.5 Å². The van der Waals surface area contributed by atoms with Crippen LogP contribution in [0.3, 0.4) is 0 Å². The third kappa shape index (κ3) is 4.07. The third-order valence-corrected chi connectivity index (χ3v) is 4.12. The van der Waals surface area contributed by atoms with Gasteiger partial charge in [0, 0.05) is 25.3 Å². The molecule has 126 valence electrons. The van der Waals surface area contributed by atoms with Crippen LogP contribution in [0.1, 0.15) is 25.0 Å². The van der Waals surface area contributed by atoms with Gasteiger partial charge in [-0.3, -0.25) is 0 Å². The van der Waals surface area contributed by atoms with Crippen molar-refractivity contribution in [2.45, 2.75) is 26.8 Å². The third-order valence-electron chi connectivity index (χ3n) is 4.12. The minimum atomic E-state index is -0.386. The molecule has 1 heterocycles. The number of rotatable bonds is 5. The first-order valence-electron chi connectivity index (χ1n) is 8.49. The van der Waals surface area contributed by atoms with Gasteiger partial charge in [-0.15, -0.1) is 0 Å². The molecule has 0 aliphatic carbocycles. The van der Waals surface area contributed by atoms with E-state index in [2.05, 4.69) is 54.4 Å². The van der Waals surface area contributed by atoms with Crippen LogP contribution < -0.4 is 15.0 Å². The molecular weight excluding hydrogens is 300 g/mol. The standard InChI is InChI=1S/C20H24N2O2/c1-15(2)13-21-20(23)24-18-8-9-19-17(12-18)10-11-22(19)14-16-6-4-3-5-7-16/h3-9,12,15H,10-11,13-14H2,1-2H3,(H,21,23). The number of fused-ring (bicyclic) bond motifs is 1. The number of hydrogen-bond donors (Lipinski definition) is 1. The van der Waals surface area contributed by atoms with Crippen LogP contribution in [0, 0.1) is 5.92 Å². The molecule has 0 saturated carbocycles. The Bertz CT molecular complexity index is 698. The molecule has 1 N–H and O–H groups in total. The summed E-state index contributed by atoms with van der Waals surface area (Å²) in [5.74, 6) is 1.01. The van der Waals surface area contributed by atoms with Crippen LogP contribution in [0.25, 0.3) is 0 Å². The molecule has 0 aromatic heterocycles. The lowest BCUT2D eigenvalue weighted by Gasteiger charge is -2.19. The number of ether oxygens (including phenoxy) is 1. The summed E-state index contributed by atoms with van der Waals surface area (Å²) in [4.78, 5) is 14.1. The fourth-order valence-corrected chi connectivity index (χ4v) is 2.91. The monoisotopic (exact) mass is 324 g/mol. The van der Waals surface area contributed by atoms with Gasteiger partial charge in [0.25, 0.3) is 0 Å². The highest BCUT2D eigenvalue weighted by Gasteiger charge is 2.20. The van der Waals surface area contributed by atoms with E-state index in [0.29, 0.717) is 18.2 Å². The average molecular weight is 324 g/mol. The van der Waals surface area contributed by atoms with E-state index >= 15 is 0 Å². The average Bonchev–Trinajstić information content (AvgIpc) is 2.96. The predicted octanol–water partition coefficient (Wildman–Crippen LogP) is 3.99. The first-order valence-corrected chi connectivity index (χ1v) is 8.49. The molecule has 0 atom stereocenters. The highest BCUT2D eigenvalue weighted by Crippen LogP contribution is 2.32. The van der Waals surface area contributed by atoms with Crippen molar-refractivity contribution in [1.29, 1.82) is 0 Å². The quantitative estimate of drug-likeness (QED) is 0.904. The van der Waals surface area contributed by atoms with Gasteiger partial charge in [-0.05, 0) is 41.7 Å².